The molecule has 1 aromatic heterocycles. The third kappa shape index (κ3) is 3.32. The lowest BCUT2D eigenvalue weighted by Crippen LogP contribution is -2.37. The van der Waals surface area contributed by atoms with Gasteiger partial charge in [0, 0.05) is 43.4 Å². The maximum atomic E-state index is 13.9. The van der Waals surface area contributed by atoms with E-state index in [-0.39, 0.29) is 23.8 Å². The van der Waals surface area contributed by atoms with Crippen molar-refractivity contribution in [2.45, 2.75) is 38.8 Å². The van der Waals surface area contributed by atoms with E-state index in [2.05, 4.69) is 5.10 Å². The molecule has 2 atom stereocenters. The van der Waals surface area contributed by atoms with E-state index in [0.717, 1.165) is 11.6 Å². The standard InChI is InChI=1S/C18H21F2N3O/c1-11(2)23(10-12-8-21-22(3)9-12)18(24)16-7-15(16)14-5-4-13(19)6-17(14)20/h4-6,8-9,11,15-16H,7,10H2,1-3H3/t15-,16+/m1/s1. The van der Waals surface area contributed by atoms with Crippen LogP contribution in [0.5, 0.6) is 0 Å². The predicted octanol–water partition coefficient (Wildman–Crippen LogP) is 3.24. The smallest absolute Gasteiger partial charge is 0.226 e. The van der Waals surface area contributed by atoms with E-state index < -0.39 is 11.6 Å². The van der Waals surface area contributed by atoms with E-state index in [1.54, 1.807) is 15.8 Å². The fourth-order valence-corrected chi connectivity index (χ4v) is 3.09. The first-order valence-electron chi connectivity index (χ1n) is 8.09. The van der Waals surface area contributed by atoms with Gasteiger partial charge in [-0.25, -0.2) is 8.78 Å². The summed E-state index contributed by atoms with van der Waals surface area (Å²) in [7, 11) is 1.83. The van der Waals surface area contributed by atoms with Gasteiger partial charge in [-0.2, -0.15) is 5.10 Å². The number of benzene rings is 1. The summed E-state index contributed by atoms with van der Waals surface area (Å²) in [6.07, 6.45) is 4.23. The summed E-state index contributed by atoms with van der Waals surface area (Å²) >= 11 is 0. The zero-order valence-corrected chi connectivity index (χ0v) is 14.0. The van der Waals surface area contributed by atoms with Crippen molar-refractivity contribution in [3.63, 3.8) is 0 Å². The largest absolute Gasteiger partial charge is 0.336 e. The highest BCUT2D eigenvalue weighted by molar-refractivity contribution is 5.83. The molecule has 0 aliphatic heterocycles. The van der Waals surface area contributed by atoms with Crippen LogP contribution in [0.3, 0.4) is 0 Å². The van der Waals surface area contributed by atoms with Crippen LogP contribution in [-0.4, -0.2) is 26.6 Å². The van der Waals surface area contributed by atoms with Crippen LogP contribution in [0.15, 0.2) is 30.6 Å². The van der Waals surface area contributed by atoms with E-state index in [4.69, 9.17) is 0 Å². The second kappa shape index (κ2) is 6.34. The first kappa shape index (κ1) is 16.6. The Bertz CT molecular complexity index is 756. The normalized spacial score (nSPS) is 19.6. The Labute approximate surface area is 140 Å². The number of hydrogen-bond donors (Lipinski definition) is 0. The molecule has 1 aliphatic rings. The monoisotopic (exact) mass is 333 g/mol. The molecule has 3 rings (SSSR count). The maximum absolute atomic E-state index is 13.9. The Morgan fingerprint density at radius 2 is 2.17 bits per heavy atom. The molecule has 24 heavy (non-hydrogen) atoms. The molecule has 6 heteroatoms. The van der Waals surface area contributed by atoms with Crippen molar-refractivity contribution >= 4 is 5.91 Å². The Balaban J connectivity index is 1.72. The van der Waals surface area contributed by atoms with Crippen LogP contribution >= 0.6 is 0 Å². The molecule has 128 valence electrons. The molecule has 0 N–H and O–H groups in total. The Morgan fingerprint density at radius 1 is 1.42 bits per heavy atom. The lowest BCUT2D eigenvalue weighted by molar-refractivity contribution is -0.135. The summed E-state index contributed by atoms with van der Waals surface area (Å²) < 4.78 is 28.7. The fourth-order valence-electron chi connectivity index (χ4n) is 3.09. The topological polar surface area (TPSA) is 38.1 Å². The minimum Gasteiger partial charge on any atom is -0.336 e. The fraction of sp³-hybridized carbons (Fsp3) is 0.444. The van der Waals surface area contributed by atoms with E-state index in [1.807, 2.05) is 27.1 Å². The molecule has 1 saturated carbocycles. The van der Waals surface area contributed by atoms with Gasteiger partial charge in [-0.1, -0.05) is 6.07 Å². The van der Waals surface area contributed by atoms with E-state index in [1.165, 1.54) is 12.1 Å². The molecule has 1 heterocycles. The second-order valence-electron chi connectivity index (χ2n) is 6.70. The summed E-state index contributed by atoms with van der Waals surface area (Å²) in [6.45, 7) is 4.41. The molecule has 1 aliphatic carbocycles. The van der Waals surface area contributed by atoms with Gasteiger partial charge < -0.3 is 4.90 Å². The summed E-state index contributed by atoms with van der Waals surface area (Å²) in [4.78, 5) is 14.6. The van der Waals surface area contributed by atoms with Gasteiger partial charge in [0.05, 0.1) is 6.20 Å². The molecule has 0 bridgehead atoms. The van der Waals surface area contributed by atoms with Gasteiger partial charge in [0.25, 0.3) is 0 Å². The summed E-state index contributed by atoms with van der Waals surface area (Å²) in [5.41, 5.74) is 1.39. The van der Waals surface area contributed by atoms with E-state index >= 15 is 0 Å². The minimum atomic E-state index is -0.597. The van der Waals surface area contributed by atoms with Crippen LogP contribution in [0, 0.1) is 17.6 Å². The number of halogens is 2. The Hall–Kier alpha value is -2.24. The van der Waals surface area contributed by atoms with Crippen molar-refractivity contribution in [1.82, 2.24) is 14.7 Å². The predicted molar refractivity (Wildman–Crippen MR) is 86.1 cm³/mol. The molecule has 0 spiro atoms. The van der Waals surface area contributed by atoms with Gasteiger partial charge in [-0.15, -0.1) is 0 Å². The number of rotatable bonds is 5. The van der Waals surface area contributed by atoms with Crippen molar-refractivity contribution in [2.75, 3.05) is 0 Å². The minimum absolute atomic E-state index is 0.0163. The lowest BCUT2D eigenvalue weighted by Gasteiger charge is -2.26. The number of hydrogen-bond acceptors (Lipinski definition) is 2. The molecule has 1 fully saturated rings. The highest BCUT2D eigenvalue weighted by atomic mass is 19.1. The zero-order valence-electron chi connectivity index (χ0n) is 14.0. The molecule has 1 amide bonds. The average Bonchev–Trinajstić information content (AvgIpc) is 3.19. The second-order valence-corrected chi connectivity index (χ2v) is 6.70. The molecule has 0 radical (unpaired) electrons. The number of carbonyl (C=O) groups is 1. The number of aryl methyl sites for hydroxylation is 1. The van der Waals surface area contributed by atoms with Crippen molar-refractivity contribution < 1.29 is 13.6 Å². The zero-order chi connectivity index (χ0) is 17.4. The van der Waals surface area contributed by atoms with Crippen LogP contribution in [-0.2, 0) is 18.4 Å². The van der Waals surface area contributed by atoms with Gasteiger partial charge in [-0.3, -0.25) is 9.48 Å². The highest BCUT2D eigenvalue weighted by Crippen LogP contribution is 2.49. The van der Waals surface area contributed by atoms with Crippen molar-refractivity contribution in [1.29, 1.82) is 0 Å². The maximum Gasteiger partial charge on any atom is 0.226 e. The van der Waals surface area contributed by atoms with Crippen LogP contribution < -0.4 is 0 Å². The quantitative estimate of drug-likeness (QED) is 0.842. The van der Waals surface area contributed by atoms with Crippen molar-refractivity contribution in [3.8, 4) is 0 Å². The SMILES string of the molecule is CC(C)N(Cc1cnn(C)c1)C(=O)[C@H]1C[C@@H]1c1ccc(F)cc1F. The summed E-state index contributed by atoms with van der Waals surface area (Å²) in [5, 5.41) is 4.12. The first-order chi connectivity index (χ1) is 11.4. The molecule has 0 saturated heterocycles. The van der Waals surface area contributed by atoms with Gasteiger partial charge in [0.1, 0.15) is 11.6 Å². The number of aromatic nitrogens is 2. The van der Waals surface area contributed by atoms with Crippen LogP contribution in [0.4, 0.5) is 8.78 Å². The number of carbonyl (C=O) groups excluding carboxylic acids is 1. The molecule has 4 nitrogen and oxygen atoms in total. The third-order valence-corrected chi connectivity index (χ3v) is 4.49. The highest BCUT2D eigenvalue weighted by Gasteiger charge is 2.47. The Morgan fingerprint density at radius 3 is 2.75 bits per heavy atom. The molecule has 1 aromatic carbocycles. The van der Waals surface area contributed by atoms with E-state index in [9.17, 15) is 13.6 Å². The lowest BCUT2D eigenvalue weighted by atomic mass is 10.1. The molecular formula is C18H21F2N3O. The van der Waals surface area contributed by atoms with Gasteiger partial charge in [0.15, 0.2) is 0 Å². The third-order valence-electron chi connectivity index (χ3n) is 4.49. The number of nitrogens with zero attached hydrogens (tertiary/aromatic N) is 3. The van der Waals surface area contributed by atoms with Crippen LogP contribution in [0.2, 0.25) is 0 Å². The Kier molecular flexibility index (Phi) is 4.39. The summed E-state index contributed by atoms with van der Waals surface area (Å²) in [6, 6.07) is 3.61. The number of amides is 1. The average molecular weight is 333 g/mol. The molecule has 0 unspecified atom stereocenters. The first-order valence-corrected chi connectivity index (χ1v) is 8.09. The molecular weight excluding hydrogens is 312 g/mol. The van der Waals surface area contributed by atoms with Crippen molar-refractivity contribution in [3.05, 3.63) is 53.4 Å². The van der Waals surface area contributed by atoms with Crippen LogP contribution in [0.25, 0.3) is 0 Å². The molecule has 2 aromatic rings. The summed E-state index contributed by atoms with van der Waals surface area (Å²) in [5.74, 6) is -1.54. The van der Waals surface area contributed by atoms with Gasteiger partial charge in [-0.05, 0) is 37.8 Å². The van der Waals surface area contributed by atoms with Crippen molar-refractivity contribution in [2.24, 2.45) is 13.0 Å². The van der Waals surface area contributed by atoms with E-state index in [0.29, 0.717) is 18.5 Å². The van der Waals surface area contributed by atoms with Gasteiger partial charge >= 0.3 is 0 Å². The van der Waals surface area contributed by atoms with Gasteiger partial charge in [0.2, 0.25) is 5.91 Å². The van der Waals surface area contributed by atoms with Crippen LogP contribution in [0.1, 0.15) is 37.3 Å².